The molecule has 0 radical (unpaired) electrons. The van der Waals surface area contributed by atoms with Gasteiger partial charge >= 0.3 is 5.97 Å². The van der Waals surface area contributed by atoms with Crippen molar-refractivity contribution in [1.29, 1.82) is 0 Å². The average Bonchev–Trinajstić information content (AvgIpc) is 2.38. The number of aliphatic carboxylic acids is 1. The van der Waals surface area contributed by atoms with Crippen LogP contribution in [0.15, 0.2) is 24.3 Å². The highest BCUT2D eigenvalue weighted by molar-refractivity contribution is 8.00. The van der Waals surface area contributed by atoms with Gasteiger partial charge in [-0.2, -0.15) is 0 Å². The van der Waals surface area contributed by atoms with E-state index in [0.717, 1.165) is 13.0 Å². The zero-order valence-corrected chi connectivity index (χ0v) is 12.2. The van der Waals surface area contributed by atoms with Crippen molar-refractivity contribution in [2.45, 2.75) is 31.6 Å². The lowest BCUT2D eigenvalue weighted by Gasteiger charge is -2.27. The van der Waals surface area contributed by atoms with Crippen LogP contribution in [0.5, 0.6) is 0 Å². The normalized spacial score (nSPS) is 20.1. The second kappa shape index (κ2) is 6.44. The third kappa shape index (κ3) is 3.51. The van der Waals surface area contributed by atoms with Gasteiger partial charge in [-0.15, -0.1) is 11.8 Å². The molecule has 1 aliphatic rings. The molecule has 1 aromatic carbocycles. The molecule has 2 rings (SSSR count). The van der Waals surface area contributed by atoms with E-state index in [-0.39, 0.29) is 17.3 Å². The highest BCUT2D eigenvalue weighted by Crippen LogP contribution is 2.32. The molecule has 104 valence electrons. The van der Waals surface area contributed by atoms with Gasteiger partial charge in [-0.3, -0.25) is 4.79 Å². The van der Waals surface area contributed by atoms with Gasteiger partial charge in [-0.25, -0.2) is 0 Å². The topological polar surface area (TPSA) is 46.5 Å². The van der Waals surface area contributed by atoms with Crippen LogP contribution in [-0.2, 0) is 16.0 Å². The van der Waals surface area contributed by atoms with Gasteiger partial charge in [0.1, 0.15) is 5.25 Å². The van der Waals surface area contributed by atoms with Crippen LogP contribution in [0.1, 0.15) is 31.1 Å². The van der Waals surface area contributed by atoms with Crippen LogP contribution in [0.3, 0.4) is 0 Å². The predicted molar refractivity (Wildman–Crippen MR) is 77.6 cm³/mol. The average molecular weight is 280 g/mol. The summed E-state index contributed by atoms with van der Waals surface area (Å²) in [5.41, 5.74) is 2.55. The first kappa shape index (κ1) is 14.4. The Hall–Kier alpha value is -1.00. The predicted octanol–water partition coefficient (Wildman–Crippen LogP) is 3.14. The molecule has 0 bridgehead atoms. The first-order valence-corrected chi connectivity index (χ1v) is 7.68. The molecule has 2 unspecified atom stereocenters. The number of carbonyl (C=O) groups is 1. The summed E-state index contributed by atoms with van der Waals surface area (Å²) in [6.45, 7) is 4.62. The van der Waals surface area contributed by atoms with Gasteiger partial charge < -0.3 is 9.84 Å². The van der Waals surface area contributed by atoms with Gasteiger partial charge in [0.15, 0.2) is 0 Å². The Morgan fingerprint density at radius 3 is 2.89 bits per heavy atom. The lowest BCUT2D eigenvalue weighted by atomic mass is 9.99. The maximum Gasteiger partial charge on any atom is 0.316 e. The van der Waals surface area contributed by atoms with Gasteiger partial charge in [-0.1, -0.05) is 38.1 Å². The number of hydrogen-bond acceptors (Lipinski definition) is 3. The lowest BCUT2D eigenvalue weighted by molar-refractivity contribution is -0.137. The molecule has 0 amide bonds. The highest BCUT2D eigenvalue weighted by atomic mass is 32.2. The first-order chi connectivity index (χ1) is 9.09. The van der Waals surface area contributed by atoms with Crippen molar-refractivity contribution in [2.75, 3.05) is 12.4 Å². The number of benzene rings is 1. The molecule has 0 saturated heterocycles. The van der Waals surface area contributed by atoms with Gasteiger partial charge in [0.25, 0.3) is 0 Å². The Kier molecular flexibility index (Phi) is 4.88. The van der Waals surface area contributed by atoms with Crippen LogP contribution in [0, 0.1) is 5.92 Å². The smallest absolute Gasteiger partial charge is 0.316 e. The molecule has 3 nitrogen and oxygen atoms in total. The minimum Gasteiger partial charge on any atom is -0.480 e. The zero-order chi connectivity index (χ0) is 13.8. The van der Waals surface area contributed by atoms with Crippen molar-refractivity contribution >= 4 is 17.7 Å². The van der Waals surface area contributed by atoms with Crippen LogP contribution in [0.2, 0.25) is 0 Å². The summed E-state index contributed by atoms with van der Waals surface area (Å²) in [6, 6.07) is 8.28. The Morgan fingerprint density at radius 2 is 2.21 bits per heavy atom. The van der Waals surface area contributed by atoms with Crippen LogP contribution >= 0.6 is 11.8 Å². The van der Waals surface area contributed by atoms with E-state index < -0.39 is 5.97 Å². The maximum atomic E-state index is 11.2. The second-order valence-corrected chi connectivity index (χ2v) is 6.32. The monoisotopic (exact) mass is 280 g/mol. The van der Waals surface area contributed by atoms with Crippen LogP contribution in [0.25, 0.3) is 0 Å². The summed E-state index contributed by atoms with van der Waals surface area (Å²) in [6.07, 6.45) is 0.972. The lowest BCUT2D eigenvalue weighted by Crippen LogP contribution is -2.25. The SMILES string of the molecule is CC(C)C(SCC1OCCc2ccccc21)C(=O)O. The Labute approximate surface area is 118 Å². The fraction of sp³-hybridized carbons (Fsp3) is 0.533. The van der Waals surface area contributed by atoms with Crippen LogP contribution in [0.4, 0.5) is 0 Å². The maximum absolute atomic E-state index is 11.2. The summed E-state index contributed by atoms with van der Waals surface area (Å²) in [4.78, 5) is 11.2. The van der Waals surface area contributed by atoms with Crippen molar-refractivity contribution in [2.24, 2.45) is 5.92 Å². The Bertz CT molecular complexity index is 445. The van der Waals surface area contributed by atoms with Crippen molar-refractivity contribution in [3.63, 3.8) is 0 Å². The molecule has 1 heterocycles. The van der Waals surface area contributed by atoms with E-state index in [9.17, 15) is 9.90 Å². The van der Waals surface area contributed by atoms with Crippen LogP contribution in [-0.4, -0.2) is 28.7 Å². The van der Waals surface area contributed by atoms with Crippen LogP contribution < -0.4 is 0 Å². The van der Waals surface area contributed by atoms with Gasteiger partial charge in [0.05, 0.1) is 12.7 Å². The fourth-order valence-corrected chi connectivity index (χ4v) is 3.54. The van der Waals surface area contributed by atoms with Gasteiger partial charge in [0.2, 0.25) is 0 Å². The molecule has 1 aliphatic heterocycles. The molecule has 0 fully saturated rings. The Morgan fingerprint density at radius 1 is 1.47 bits per heavy atom. The summed E-state index contributed by atoms with van der Waals surface area (Å²) in [5, 5.41) is 8.84. The summed E-state index contributed by atoms with van der Waals surface area (Å²) >= 11 is 1.48. The summed E-state index contributed by atoms with van der Waals surface area (Å²) in [7, 11) is 0. The second-order valence-electron chi connectivity index (χ2n) is 5.14. The number of rotatable bonds is 5. The molecule has 1 aromatic rings. The van der Waals surface area contributed by atoms with E-state index in [0.29, 0.717) is 5.75 Å². The number of fused-ring (bicyclic) bond motifs is 1. The standard InChI is InChI=1S/C15H20O3S/c1-10(2)14(15(16)17)19-9-13-12-6-4-3-5-11(12)7-8-18-13/h3-6,10,13-14H,7-9H2,1-2H3,(H,16,17). The molecule has 0 aliphatic carbocycles. The number of ether oxygens (including phenoxy) is 1. The molecule has 4 heteroatoms. The molecule has 0 aromatic heterocycles. The van der Waals surface area contributed by atoms with E-state index in [4.69, 9.17) is 4.74 Å². The number of carboxylic acids is 1. The highest BCUT2D eigenvalue weighted by Gasteiger charge is 2.26. The molecule has 1 N–H and O–H groups in total. The van der Waals surface area contributed by atoms with Crippen molar-refractivity contribution < 1.29 is 14.6 Å². The van der Waals surface area contributed by atoms with E-state index in [1.54, 1.807) is 0 Å². The minimum absolute atomic E-state index is 0.0237. The molecule has 2 atom stereocenters. The molecule has 0 saturated carbocycles. The van der Waals surface area contributed by atoms with E-state index >= 15 is 0 Å². The van der Waals surface area contributed by atoms with Gasteiger partial charge in [-0.05, 0) is 23.5 Å². The van der Waals surface area contributed by atoms with Crippen molar-refractivity contribution in [3.05, 3.63) is 35.4 Å². The molecule has 19 heavy (non-hydrogen) atoms. The first-order valence-electron chi connectivity index (χ1n) is 6.63. The summed E-state index contributed by atoms with van der Waals surface area (Å²) in [5.74, 6) is 0.0945. The van der Waals surface area contributed by atoms with Crippen molar-refractivity contribution in [1.82, 2.24) is 0 Å². The number of hydrogen-bond donors (Lipinski definition) is 1. The van der Waals surface area contributed by atoms with Crippen molar-refractivity contribution in [3.8, 4) is 0 Å². The Balaban J connectivity index is 2.03. The zero-order valence-electron chi connectivity index (χ0n) is 11.3. The third-order valence-corrected chi connectivity index (χ3v) is 4.97. The number of carboxylic acid groups (broad SMARTS) is 1. The van der Waals surface area contributed by atoms with E-state index in [1.807, 2.05) is 26.0 Å². The summed E-state index contributed by atoms with van der Waals surface area (Å²) < 4.78 is 5.80. The molecular formula is C15H20O3S. The van der Waals surface area contributed by atoms with E-state index in [2.05, 4.69) is 12.1 Å². The number of thioether (sulfide) groups is 1. The molecular weight excluding hydrogens is 260 g/mol. The van der Waals surface area contributed by atoms with Gasteiger partial charge in [0, 0.05) is 5.75 Å². The minimum atomic E-state index is -0.732. The molecule has 0 spiro atoms. The fourth-order valence-electron chi connectivity index (χ4n) is 2.35. The van der Waals surface area contributed by atoms with E-state index in [1.165, 1.54) is 22.9 Å². The quantitative estimate of drug-likeness (QED) is 0.900. The largest absolute Gasteiger partial charge is 0.480 e. The third-order valence-electron chi connectivity index (χ3n) is 3.37.